The molecule has 0 bridgehead atoms. The second-order valence-corrected chi connectivity index (χ2v) is 5.58. The van der Waals surface area contributed by atoms with Gasteiger partial charge in [0.25, 0.3) is 0 Å². The van der Waals surface area contributed by atoms with Gasteiger partial charge in [-0.3, -0.25) is 4.68 Å². The first-order valence-electron chi connectivity index (χ1n) is 7.42. The molecule has 0 radical (unpaired) electrons. The summed E-state index contributed by atoms with van der Waals surface area (Å²) in [5, 5.41) is 15.9. The zero-order valence-electron chi connectivity index (χ0n) is 11.5. The van der Waals surface area contributed by atoms with Crippen LogP contribution in [0.4, 0.5) is 0 Å². The van der Waals surface area contributed by atoms with E-state index in [0.29, 0.717) is 5.92 Å². The number of nitrogens with zero attached hydrogens (tertiary/aromatic N) is 2. The lowest BCUT2D eigenvalue weighted by Gasteiger charge is -2.07. The molecule has 1 aliphatic rings. The van der Waals surface area contributed by atoms with Crippen LogP contribution in [0.25, 0.3) is 10.9 Å². The van der Waals surface area contributed by atoms with Crippen LogP contribution in [0.2, 0.25) is 0 Å². The van der Waals surface area contributed by atoms with Crippen molar-refractivity contribution in [2.24, 2.45) is 5.92 Å². The molecule has 1 fully saturated rings. The average molecular weight is 258 g/mol. The summed E-state index contributed by atoms with van der Waals surface area (Å²) in [5.41, 5.74) is 2.41. The number of hydrogen-bond donors (Lipinski definition) is 1. The van der Waals surface area contributed by atoms with Crippen LogP contribution in [0.3, 0.4) is 0 Å². The Hall–Kier alpha value is -1.35. The summed E-state index contributed by atoms with van der Waals surface area (Å²) in [6, 6.07) is 8.43. The molecule has 3 nitrogen and oxygen atoms in total. The standard InChI is InChI=1S/C16H22N2O/c1-2-18-15-8-4-3-6-13(15)14(17-18)7-5-9-16(19)12-10-11-12/h3-4,6,8,12,16,19H,2,5,7,9-11H2,1H3. The van der Waals surface area contributed by atoms with E-state index in [1.165, 1.54) is 29.4 Å². The van der Waals surface area contributed by atoms with Gasteiger partial charge in [-0.15, -0.1) is 0 Å². The highest BCUT2D eigenvalue weighted by Gasteiger charge is 2.29. The molecule has 0 aliphatic heterocycles. The van der Waals surface area contributed by atoms with Crippen LogP contribution in [0, 0.1) is 5.92 Å². The van der Waals surface area contributed by atoms with Crippen molar-refractivity contribution in [1.29, 1.82) is 0 Å². The highest BCUT2D eigenvalue weighted by atomic mass is 16.3. The molecule has 102 valence electrons. The molecule has 3 rings (SSSR count). The van der Waals surface area contributed by atoms with Gasteiger partial charge in [0, 0.05) is 11.9 Å². The fourth-order valence-corrected chi connectivity index (χ4v) is 2.82. The van der Waals surface area contributed by atoms with E-state index >= 15 is 0 Å². The summed E-state index contributed by atoms with van der Waals surface area (Å²) in [5.74, 6) is 0.588. The Bertz CT molecular complexity index is 557. The molecule has 19 heavy (non-hydrogen) atoms. The zero-order valence-corrected chi connectivity index (χ0v) is 11.5. The largest absolute Gasteiger partial charge is 0.393 e. The van der Waals surface area contributed by atoms with Crippen LogP contribution in [0.5, 0.6) is 0 Å². The Balaban J connectivity index is 1.69. The van der Waals surface area contributed by atoms with Crippen LogP contribution in [0.1, 0.15) is 38.3 Å². The van der Waals surface area contributed by atoms with Crippen LogP contribution in [-0.4, -0.2) is 21.0 Å². The van der Waals surface area contributed by atoms with Gasteiger partial charge in [0.05, 0.1) is 17.3 Å². The molecule has 1 aromatic carbocycles. The van der Waals surface area contributed by atoms with E-state index in [1.807, 2.05) is 0 Å². The van der Waals surface area contributed by atoms with Crippen molar-refractivity contribution in [1.82, 2.24) is 9.78 Å². The highest BCUT2D eigenvalue weighted by molar-refractivity contribution is 5.81. The molecule has 1 heterocycles. The van der Waals surface area contributed by atoms with Crippen molar-refractivity contribution in [3.05, 3.63) is 30.0 Å². The molecule has 1 aliphatic carbocycles. The fourth-order valence-electron chi connectivity index (χ4n) is 2.82. The lowest BCUT2D eigenvalue weighted by atomic mass is 10.1. The lowest BCUT2D eigenvalue weighted by molar-refractivity contribution is 0.139. The van der Waals surface area contributed by atoms with E-state index in [-0.39, 0.29) is 6.10 Å². The Kier molecular flexibility index (Phi) is 3.56. The topological polar surface area (TPSA) is 38.0 Å². The molecule has 0 amide bonds. The molecule has 1 atom stereocenters. The van der Waals surface area contributed by atoms with Gasteiger partial charge < -0.3 is 5.11 Å². The molecular formula is C16H22N2O. The number of aliphatic hydroxyl groups excluding tert-OH is 1. The van der Waals surface area contributed by atoms with E-state index < -0.39 is 0 Å². The van der Waals surface area contributed by atoms with E-state index in [2.05, 4.69) is 35.9 Å². The van der Waals surface area contributed by atoms with Crippen LogP contribution in [-0.2, 0) is 13.0 Å². The number of aryl methyl sites for hydroxylation is 2. The Morgan fingerprint density at radius 2 is 2.16 bits per heavy atom. The maximum absolute atomic E-state index is 9.91. The Morgan fingerprint density at radius 1 is 1.37 bits per heavy atom. The molecule has 1 unspecified atom stereocenters. The highest BCUT2D eigenvalue weighted by Crippen LogP contribution is 2.34. The summed E-state index contributed by atoms with van der Waals surface area (Å²) >= 11 is 0. The predicted molar refractivity (Wildman–Crippen MR) is 77.1 cm³/mol. The van der Waals surface area contributed by atoms with Gasteiger partial charge in [-0.05, 0) is 51.0 Å². The summed E-state index contributed by atoms with van der Waals surface area (Å²) in [6.45, 7) is 3.03. The second kappa shape index (κ2) is 5.33. The second-order valence-electron chi connectivity index (χ2n) is 5.58. The summed E-state index contributed by atoms with van der Waals surface area (Å²) in [6.07, 6.45) is 5.26. The first kappa shape index (κ1) is 12.7. The smallest absolute Gasteiger partial charge is 0.0703 e. The molecular weight excluding hydrogens is 236 g/mol. The van der Waals surface area contributed by atoms with E-state index in [9.17, 15) is 5.11 Å². The van der Waals surface area contributed by atoms with Crippen LogP contribution in [0.15, 0.2) is 24.3 Å². The minimum atomic E-state index is -0.0838. The number of aromatic nitrogens is 2. The normalized spacial score (nSPS) is 16.9. The number of fused-ring (bicyclic) bond motifs is 1. The lowest BCUT2D eigenvalue weighted by Crippen LogP contribution is -2.09. The van der Waals surface area contributed by atoms with Crippen molar-refractivity contribution >= 4 is 10.9 Å². The maximum atomic E-state index is 9.91. The van der Waals surface area contributed by atoms with Crippen molar-refractivity contribution in [3.8, 4) is 0 Å². The maximum Gasteiger partial charge on any atom is 0.0703 e. The molecule has 1 N–H and O–H groups in total. The van der Waals surface area contributed by atoms with Gasteiger partial charge in [0.1, 0.15) is 0 Å². The number of rotatable bonds is 6. The molecule has 1 aromatic heterocycles. The zero-order chi connectivity index (χ0) is 13.2. The number of aliphatic hydroxyl groups is 1. The minimum Gasteiger partial charge on any atom is -0.393 e. The van der Waals surface area contributed by atoms with Gasteiger partial charge in [-0.25, -0.2) is 0 Å². The van der Waals surface area contributed by atoms with E-state index in [4.69, 9.17) is 5.10 Å². The number of hydrogen-bond acceptors (Lipinski definition) is 2. The fraction of sp³-hybridized carbons (Fsp3) is 0.562. The third-order valence-electron chi connectivity index (χ3n) is 4.11. The van der Waals surface area contributed by atoms with Crippen LogP contribution < -0.4 is 0 Å². The first-order chi connectivity index (χ1) is 9.29. The average Bonchev–Trinajstić information content (AvgIpc) is 3.22. The van der Waals surface area contributed by atoms with Crippen LogP contribution >= 0.6 is 0 Å². The quantitative estimate of drug-likeness (QED) is 0.864. The van der Waals surface area contributed by atoms with Crippen molar-refractivity contribution in [3.63, 3.8) is 0 Å². The monoisotopic (exact) mass is 258 g/mol. The van der Waals surface area contributed by atoms with Gasteiger partial charge in [-0.2, -0.15) is 5.10 Å². The summed E-state index contributed by atoms with van der Waals surface area (Å²) in [4.78, 5) is 0. The number of para-hydroxylation sites is 1. The van der Waals surface area contributed by atoms with Crippen molar-refractivity contribution < 1.29 is 5.11 Å². The van der Waals surface area contributed by atoms with E-state index in [1.54, 1.807) is 0 Å². The molecule has 0 spiro atoms. The van der Waals surface area contributed by atoms with Gasteiger partial charge >= 0.3 is 0 Å². The first-order valence-corrected chi connectivity index (χ1v) is 7.42. The molecule has 0 saturated heterocycles. The van der Waals surface area contributed by atoms with Crippen molar-refractivity contribution in [2.75, 3.05) is 0 Å². The predicted octanol–water partition coefficient (Wildman–Crippen LogP) is 3.15. The Labute approximate surface area is 114 Å². The number of benzene rings is 1. The molecule has 2 aromatic rings. The van der Waals surface area contributed by atoms with Gasteiger partial charge in [-0.1, -0.05) is 18.2 Å². The summed E-state index contributed by atoms with van der Waals surface area (Å²) in [7, 11) is 0. The minimum absolute atomic E-state index is 0.0838. The van der Waals surface area contributed by atoms with Crippen molar-refractivity contribution in [2.45, 2.75) is 51.7 Å². The molecule has 3 heteroatoms. The van der Waals surface area contributed by atoms with Gasteiger partial charge in [0.15, 0.2) is 0 Å². The molecule has 1 saturated carbocycles. The van der Waals surface area contributed by atoms with E-state index in [0.717, 1.165) is 25.8 Å². The SMILES string of the molecule is CCn1nc(CCCC(O)C2CC2)c2ccccc21. The third kappa shape index (κ3) is 2.66. The summed E-state index contributed by atoms with van der Waals surface area (Å²) < 4.78 is 2.07. The Morgan fingerprint density at radius 3 is 2.89 bits per heavy atom. The third-order valence-corrected chi connectivity index (χ3v) is 4.11. The van der Waals surface area contributed by atoms with Gasteiger partial charge in [0.2, 0.25) is 0 Å².